The normalized spacial score (nSPS) is 12.0. The summed E-state index contributed by atoms with van der Waals surface area (Å²) in [5.41, 5.74) is 4.83. The maximum absolute atomic E-state index is 5.36. The van der Waals surface area contributed by atoms with Crippen molar-refractivity contribution in [2.75, 3.05) is 38.0 Å². The van der Waals surface area contributed by atoms with Gasteiger partial charge in [-0.3, -0.25) is 0 Å². The van der Waals surface area contributed by atoms with Crippen molar-refractivity contribution in [2.24, 2.45) is 0 Å². The molecule has 1 atom stereocenters. The Hall–Kier alpha value is -2.00. The third kappa shape index (κ3) is 3.99. The van der Waals surface area contributed by atoms with Crippen LogP contribution in [0.5, 0.6) is 0 Å². The Morgan fingerprint density at radius 1 is 1.10 bits per heavy atom. The quantitative estimate of drug-likeness (QED) is 0.871. The molecule has 0 saturated carbocycles. The maximum atomic E-state index is 5.36. The number of anilines is 2. The lowest BCUT2D eigenvalue weighted by Gasteiger charge is -2.22. The van der Waals surface area contributed by atoms with Crippen molar-refractivity contribution >= 4 is 11.4 Å². The smallest absolute Gasteiger partial charge is 0.0747 e. The zero-order valence-corrected chi connectivity index (χ0v) is 13.3. The summed E-state index contributed by atoms with van der Waals surface area (Å²) in [5, 5.41) is 3.57. The topological polar surface area (TPSA) is 24.5 Å². The fourth-order valence-corrected chi connectivity index (χ4v) is 2.46. The highest BCUT2D eigenvalue weighted by atomic mass is 16.5. The number of aryl methyl sites for hydroxylation is 1. The summed E-state index contributed by atoms with van der Waals surface area (Å²) >= 11 is 0. The molecule has 0 aliphatic heterocycles. The molecule has 0 aromatic heterocycles. The third-order valence-corrected chi connectivity index (χ3v) is 3.57. The number of ether oxygens (including phenoxy) is 1. The van der Waals surface area contributed by atoms with Gasteiger partial charge in [-0.05, 0) is 30.2 Å². The van der Waals surface area contributed by atoms with Gasteiger partial charge in [0.2, 0.25) is 0 Å². The van der Waals surface area contributed by atoms with E-state index in [4.69, 9.17) is 4.74 Å². The molecule has 3 nitrogen and oxygen atoms in total. The van der Waals surface area contributed by atoms with E-state index < -0.39 is 0 Å². The van der Waals surface area contributed by atoms with Gasteiger partial charge in [-0.25, -0.2) is 0 Å². The van der Waals surface area contributed by atoms with Crippen LogP contribution in [0.25, 0.3) is 0 Å². The number of benzene rings is 2. The first-order valence-corrected chi connectivity index (χ1v) is 7.20. The van der Waals surface area contributed by atoms with Crippen LogP contribution in [0.1, 0.15) is 17.2 Å². The molecule has 1 N–H and O–H groups in total. The van der Waals surface area contributed by atoms with Gasteiger partial charge in [-0.2, -0.15) is 0 Å². The molecular formula is C18H24N2O. The van der Waals surface area contributed by atoms with E-state index in [2.05, 4.69) is 73.7 Å². The van der Waals surface area contributed by atoms with E-state index in [1.165, 1.54) is 16.8 Å². The molecular weight excluding hydrogens is 260 g/mol. The fourth-order valence-electron chi connectivity index (χ4n) is 2.46. The molecule has 1 unspecified atom stereocenters. The van der Waals surface area contributed by atoms with Crippen LogP contribution in [0.15, 0.2) is 48.5 Å². The van der Waals surface area contributed by atoms with Crippen LogP contribution in [0.4, 0.5) is 11.4 Å². The second-order valence-corrected chi connectivity index (χ2v) is 5.46. The Morgan fingerprint density at radius 3 is 2.43 bits per heavy atom. The lowest BCUT2D eigenvalue weighted by molar-refractivity contribution is 0.186. The summed E-state index contributed by atoms with van der Waals surface area (Å²) in [5.74, 6) is 0. The van der Waals surface area contributed by atoms with Gasteiger partial charge in [0.1, 0.15) is 0 Å². The number of hydrogen-bond donors (Lipinski definition) is 1. The number of nitrogens with one attached hydrogen (secondary N) is 1. The van der Waals surface area contributed by atoms with Crippen molar-refractivity contribution in [1.29, 1.82) is 0 Å². The van der Waals surface area contributed by atoms with E-state index in [1.807, 2.05) is 6.07 Å². The maximum Gasteiger partial charge on any atom is 0.0747 e. The van der Waals surface area contributed by atoms with E-state index >= 15 is 0 Å². The van der Waals surface area contributed by atoms with E-state index in [-0.39, 0.29) is 6.04 Å². The number of methoxy groups -OCH3 is 1. The Kier molecular flexibility index (Phi) is 5.23. The summed E-state index contributed by atoms with van der Waals surface area (Å²) in [4.78, 5) is 2.13. The largest absolute Gasteiger partial charge is 0.382 e. The van der Waals surface area contributed by atoms with Crippen LogP contribution >= 0.6 is 0 Å². The first-order chi connectivity index (χ1) is 10.1. The minimum atomic E-state index is 0.147. The lowest BCUT2D eigenvalue weighted by Crippen LogP contribution is -2.17. The number of nitrogens with zero attached hydrogens (tertiary/aromatic N) is 1. The lowest BCUT2D eigenvalue weighted by atomic mass is 10.1. The van der Waals surface area contributed by atoms with Crippen molar-refractivity contribution in [3.05, 3.63) is 59.7 Å². The first kappa shape index (κ1) is 15.4. The minimum Gasteiger partial charge on any atom is -0.382 e. The van der Waals surface area contributed by atoms with Gasteiger partial charge in [-0.15, -0.1) is 0 Å². The average molecular weight is 284 g/mol. The summed E-state index contributed by atoms with van der Waals surface area (Å²) in [6.45, 7) is 2.76. The number of hydrogen-bond acceptors (Lipinski definition) is 3. The second kappa shape index (κ2) is 7.14. The Balaban J connectivity index is 2.23. The Morgan fingerprint density at radius 2 is 1.81 bits per heavy atom. The van der Waals surface area contributed by atoms with Crippen LogP contribution < -0.4 is 10.2 Å². The molecule has 0 fully saturated rings. The van der Waals surface area contributed by atoms with Gasteiger partial charge >= 0.3 is 0 Å². The molecule has 0 bridgehead atoms. The van der Waals surface area contributed by atoms with Crippen LogP contribution in [-0.4, -0.2) is 27.8 Å². The summed E-state index contributed by atoms with van der Waals surface area (Å²) in [6, 6.07) is 17.0. The van der Waals surface area contributed by atoms with Gasteiger partial charge in [0.05, 0.1) is 12.6 Å². The van der Waals surface area contributed by atoms with E-state index in [0.29, 0.717) is 6.61 Å². The van der Waals surface area contributed by atoms with Gasteiger partial charge in [0.25, 0.3) is 0 Å². The highest BCUT2D eigenvalue weighted by Crippen LogP contribution is 2.26. The summed E-state index contributed by atoms with van der Waals surface area (Å²) in [7, 11) is 5.86. The molecule has 0 saturated heterocycles. The van der Waals surface area contributed by atoms with Gasteiger partial charge < -0.3 is 15.0 Å². The SMILES string of the molecule is COCC(Nc1ccc(C)c(N(C)C)c1)c1ccccc1. The molecule has 2 rings (SSSR count). The van der Waals surface area contributed by atoms with E-state index in [1.54, 1.807) is 7.11 Å². The Bertz CT molecular complexity index is 567. The Labute approximate surface area is 127 Å². The van der Waals surface area contributed by atoms with Crippen molar-refractivity contribution in [3.63, 3.8) is 0 Å². The van der Waals surface area contributed by atoms with Crippen molar-refractivity contribution in [3.8, 4) is 0 Å². The predicted octanol–water partition coefficient (Wildman–Crippen LogP) is 3.86. The molecule has 0 aliphatic rings. The monoisotopic (exact) mass is 284 g/mol. The molecule has 3 heteroatoms. The molecule has 112 valence electrons. The van der Waals surface area contributed by atoms with Crippen molar-refractivity contribution in [1.82, 2.24) is 0 Å². The molecule has 2 aromatic carbocycles. The molecule has 0 radical (unpaired) electrons. The molecule has 0 aliphatic carbocycles. The highest BCUT2D eigenvalue weighted by molar-refractivity contribution is 5.62. The third-order valence-electron chi connectivity index (χ3n) is 3.57. The predicted molar refractivity (Wildman–Crippen MR) is 90.2 cm³/mol. The van der Waals surface area contributed by atoms with E-state index in [0.717, 1.165) is 5.69 Å². The molecule has 0 spiro atoms. The van der Waals surface area contributed by atoms with Crippen LogP contribution in [0.3, 0.4) is 0 Å². The zero-order valence-electron chi connectivity index (χ0n) is 13.3. The van der Waals surface area contributed by atoms with E-state index in [9.17, 15) is 0 Å². The minimum absolute atomic E-state index is 0.147. The first-order valence-electron chi connectivity index (χ1n) is 7.20. The highest BCUT2D eigenvalue weighted by Gasteiger charge is 2.11. The van der Waals surface area contributed by atoms with Crippen molar-refractivity contribution in [2.45, 2.75) is 13.0 Å². The van der Waals surface area contributed by atoms with Crippen molar-refractivity contribution < 1.29 is 4.74 Å². The van der Waals surface area contributed by atoms with Crippen LogP contribution in [-0.2, 0) is 4.74 Å². The zero-order chi connectivity index (χ0) is 15.2. The average Bonchev–Trinajstić information content (AvgIpc) is 2.49. The summed E-state index contributed by atoms with van der Waals surface area (Å²) in [6.07, 6.45) is 0. The molecule has 0 amide bonds. The molecule has 21 heavy (non-hydrogen) atoms. The van der Waals surface area contributed by atoms with Crippen LogP contribution in [0, 0.1) is 6.92 Å². The second-order valence-electron chi connectivity index (χ2n) is 5.46. The van der Waals surface area contributed by atoms with Gasteiger partial charge in [0, 0.05) is 32.6 Å². The van der Waals surface area contributed by atoms with Gasteiger partial charge in [-0.1, -0.05) is 36.4 Å². The fraction of sp³-hybridized carbons (Fsp3) is 0.333. The molecule has 0 heterocycles. The number of rotatable bonds is 6. The van der Waals surface area contributed by atoms with Crippen LogP contribution in [0.2, 0.25) is 0 Å². The van der Waals surface area contributed by atoms with Gasteiger partial charge in [0.15, 0.2) is 0 Å². The molecule has 2 aromatic rings. The standard InChI is InChI=1S/C18H24N2O/c1-14-10-11-16(12-18(14)20(2)3)19-17(13-21-4)15-8-6-5-7-9-15/h5-12,17,19H,13H2,1-4H3. The summed E-state index contributed by atoms with van der Waals surface area (Å²) < 4.78 is 5.36.